The Hall–Kier alpha value is -4.14. The fourth-order valence-electron chi connectivity index (χ4n) is 5.25. The van der Waals surface area contributed by atoms with Crippen LogP contribution in [0.25, 0.3) is 0 Å². The van der Waals surface area contributed by atoms with Gasteiger partial charge in [0.15, 0.2) is 5.78 Å². The highest BCUT2D eigenvalue weighted by Gasteiger charge is 2.44. The second-order valence-corrected chi connectivity index (χ2v) is 12.9. The van der Waals surface area contributed by atoms with Gasteiger partial charge in [0.2, 0.25) is 17.7 Å². The van der Waals surface area contributed by atoms with E-state index in [1.165, 1.54) is 11.8 Å². The molecule has 0 saturated carbocycles. The van der Waals surface area contributed by atoms with Gasteiger partial charge < -0.3 is 30.3 Å². The van der Waals surface area contributed by atoms with Crippen LogP contribution in [0, 0.1) is 0 Å². The maximum Gasteiger partial charge on any atom is 0.452 e. The quantitative estimate of drug-likeness (QED) is 0.166. The average molecular weight is 621 g/mol. The van der Waals surface area contributed by atoms with Crippen molar-refractivity contribution in [3.8, 4) is 11.5 Å². The van der Waals surface area contributed by atoms with E-state index in [0.29, 0.717) is 50.3 Å². The van der Waals surface area contributed by atoms with Crippen molar-refractivity contribution in [2.45, 2.75) is 63.3 Å². The van der Waals surface area contributed by atoms with E-state index >= 15 is 0 Å². The second-order valence-electron chi connectivity index (χ2n) is 10.8. The van der Waals surface area contributed by atoms with Crippen molar-refractivity contribution in [3.05, 3.63) is 96.6 Å². The number of nitrogens with two attached hydrogens (primary N) is 1. The molecule has 0 spiro atoms. The Bertz CT molecular complexity index is 1360. The number of amides is 3. The highest BCUT2D eigenvalue weighted by molar-refractivity contribution is 7.55. The second kappa shape index (κ2) is 16.1. The molecule has 1 saturated heterocycles. The molecule has 3 aromatic rings. The number of benzene rings is 3. The number of hydrogen-bond acceptors (Lipinski definition) is 7. The van der Waals surface area contributed by atoms with Crippen LogP contribution in [0.4, 0.5) is 0 Å². The molecule has 1 aliphatic rings. The third-order valence-electron chi connectivity index (χ3n) is 7.37. The summed E-state index contributed by atoms with van der Waals surface area (Å²) in [6.45, 7) is 2.15. The van der Waals surface area contributed by atoms with Crippen LogP contribution in [0.2, 0.25) is 0 Å². The van der Waals surface area contributed by atoms with Crippen molar-refractivity contribution < 1.29 is 28.0 Å². The van der Waals surface area contributed by atoms with Crippen LogP contribution in [0.5, 0.6) is 11.5 Å². The van der Waals surface area contributed by atoms with E-state index in [2.05, 4.69) is 10.6 Å². The molecule has 1 fully saturated rings. The number of hydrogen-bond donors (Lipinski definition) is 3. The fourth-order valence-corrected chi connectivity index (χ4v) is 7.16. The lowest BCUT2D eigenvalue weighted by molar-refractivity contribution is -0.141. The normalized spacial score (nSPS) is 16.0. The molecule has 3 amide bonds. The van der Waals surface area contributed by atoms with Crippen LogP contribution < -0.4 is 25.4 Å². The predicted molar refractivity (Wildman–Crippen MR) is 169 cm³/mol. The maximum absolute atomic E-state index is 14.6. The summed E-state index contributed by atoms with van der Waals surface area (Å²) in [6, 6.07) is 25.1. The molecule has 0 aliphatic carbocycles. The maximum atomic E-state index is 14.6. The highest BCUT2D eigenvalue weighted by Crippen LogP contribution is 2.53. The third-order valence-corrected chi connectivity index (χ3v) is 9.45. The number of rotatable bonds is 15. The molecule has 1 aliphatic heterocycles. The van der Waals surface area contributed by atoms with Crippen LogP contribution in [0.1, 0.15) is 44.6 Å². The van der Waals surface area contributed by atoms with Gasteiger partial charge in [-0.25, -0.2) is 4.57 Å². The minimum Gasteiger partial charge on any atom is -0.415 e. The number of carbonyl (C=O) groups is 3. The van der Waals surface area contributed by atoms with Crippen molar-refractivity contribution in [1.82, 2.24) is 15.5 Å². The lowest BCUT2D eigenvalue weighted by Gasteiger charge is -2.32. The number of likely N-dealkylation sites (tertiary alicyclic amines) is 1. The molecular formula is C33H41N4O6P. The number of para-hydroxylation sites is 2. The van der Waals surface area contributed by atoms with Crippen LogP contribution in [-0.2, 0) is 25.4 Å². The molecule has 0 unspecified atom stereocenters. The summed E-state index contributed by atoms with van der Waals surface area (Å²) >= 11 is 0. The molecule has 1 heterocycles. The number of unbranched alkanes of at least 4 members (excludes halogenated alkanes) is 1. The van der Waals surface area contributed by atoms with Gasteiger partial charge in [0.1, 0.15) is 23.6 Å². The number of nitrogens with zero attached hydrogens (tertiary/aromatic N) is 1. The lowest BCUT2D eigenvalue weighted by atomic mass is 10.0. The first-order valence-corrected chi connectivity index (χ1v) is 16.6. The van der Waals surface area contributed by atoms with E-state index in [4.69, 9.17) is 14.8 Å². The van der Waals surface area contributed by atoms with E-state index in [9.17, 15) is 18.9 Å². The molecule has 11 heteroatoms. The molecule has 4 rings (SSSR count). The number of carbonyl (C=O) groups excluding carboxylic acids is 3. The van der Waals surface area contributed by atoms with E-state index in [-0.39, 0.29) is 24.7 Å². The highest BCUT2D eigenvalue weighted by atomic mass is 31.2. The van der Waals surface area contributed by atoms with Gasteiger partial charge in [0.25, 0.3) is 0 Å². The Morgan fingerprint density at radius 3 is 2.00 bits per heavy atom. The monoisotopic (exact) mass is 620 g/mol. The van der Waals surface area contributed by atoms with E-state index in [1.807, 2.05) is 42.5 Å². The van der Waals surface area contributed by atoms with Crippen molar-refractivity contribution in [2.24, 2.45) is 5.73 Å². The smallest absolute Gasteiger partial charge is 0.415 e. The van der Waals surface area contributed by atoms with E-state index < -0.39 is 31.4 Å². The zero-order valence-corrected chi connectivity index (χ0v) is 25.9. The molecule has 0 aromatic heterocycles. The van der Waals surface area contributed by atoms with Crippen molar-refractivity contribution in [2.75, 3.05) is 13.1 Å². The van der Waals surface area contributed by atoms with Gasteiger partial charge in [-0.1, -0.05) is 66.7 Å². The summed E-state index contributed by atoms with van der Waals surface area (Å²) in [7, 11) is -4.07. The largest absolute Gasteiger partial charge is 0.452 e. The first kappa shape index (κ1) is 32.8. The van der Waals surface area contributed by atoms with E-state index in [0.717, 1.165) is 5.56 Å². The fraction of sp³-hybridized carbons (Fsp3) is 0.364. The van der Waals surface area contributed by atoms with Gasteiger partial charge in [-0.3, -0.25) is 14.4 Å². The van der Waals surface area contributed by atoms with Crippen molar-refractivity contribution in [3.63, 3.8) is 0 Å². The summed E-state index contributed by atoms with van der Waals surface area (Å²) in [5.74, 6) is -1.48. The summed E-state index contributed by atoms with van der Waals surface area (Å²) < 4.78 is 26.7. The zero-order chi connectivity index (χ0) is 31.4. The predicted octanol–water partition coefficient (Wildman–Crippen LogP) is 4.65. The minimum absolute atomic E-state index is 0.281. The molecule has 44 heavy (non-hydrogen) atoms. The van der Waals surface area contributed by atoms with E-state index in [1.54, 1.807) is 48.5 Å². The number of nitrogens with one attached hydrogen (secondary N) is 2. The lowest BCUT2D eigenvalue weighted by Crippen LogP contribution is -2.55. The summed E-state index contributed by atoms with van der Waals surface area (Å²) in [5.41, 5.74) is 6.63. The Labute approximate surface area is 258 Å². The first-order chi connectivity index (χ1) is 21.3. The average Bonchev–Trinajstić information content (AvgIpc) is 3.51. The topological polar surface area (TPSA) is 140 Å². The first-order valence-electron chi connectivity index (χ1n) is 15.0. The molecule has 0 bridgehead atoms. The van der Waals surface area contributed by atoms with Gasteiger partial charge in [0, 0.05) is 19.9 Å². The van der Waals surface area contributed by atoms with Gasteiger partial charge >= 0.3 is 7.60 Å². The molecule has 3 atom stereocenters. The van der Waals surface area contributed by atoms with Crippen LogP contribution >= 0.6 is 7.60 Å². The van der Waals surface area contributed by atoms with Gasteiger partial charge in [-0.05, 0) is 68.5 Å². The van der Waals surface area contributed by atoms with Crippen LogP contribution in [0.15, 0.2) is 91.0 Å². The molecule has 10 nitrogen and oxygen atoms in total. The van der Waals surface area contributed by atoms with Crippen molar-refractivity contribution >= 4 is 25.3 Å². The Kier molecular flexibility index (Phi) is 12.0. The Balaban J connectivity index is 1.58. The molecule has 3 aromatic carbocycles. The van der Waals surface area contributed by atoms with Gasteiger partial charge in [0.05, 0.1) is 0 Å². The van der Waals surface area contributed by atoms with Gasteiger partial charge in [-0.15, -0.1) is 0 Å². The van der Waals surface area contributed by atoms with Crippen molar-refractivity contribution in [1.29, 1.82) is 0 Å². The zero-order valence-electron chi connectivity index (χ0n) is 25.0. The Morgan fingerprint density at radius 1 is 0.886 bits per heavy atom. The third kappa shape index (κ3) is 9.18. The standard InChI is InChI=1S/C33H41N4O6P/c1-25(38)35-29(24-26-14-5-2-6-15-26)33(40)37-23-13-20-30(37)32(39)36-31(21-11-12-22-34)44(41,42-27-16-7-3-8-17-27)43-28-18-9-4-10-19-28/h2-10,14-19,29-31H,11-13,20-24,34H2,1H3,(H,35,38)(H,36,39)/t29-,30+,31-/m1/s1. The summed E-state index contributed by atoms with van der Waals surface area (Å²) in [5, 5.41) is 5.70. The molecule has 234 valence electrons. The SMILES string of the molecule is CC(=O)N[C@H](Cc1ccccc1)C(=O)N1CCC[C@H]1C(=O)N[C@@H](CCCCN)P(=O)(Oc1ccccc1)Oc1ccccc1. The van der Waals surface area contributed by atoms with Crippen LogP contribution in [-0.4, -0.2) is 53.6 Å². The minimum atomic E-state index is -4.07. The molecule has 4 N–H and O–H groups in total. The Morgan fingerprint density at radius 2 is 1.45 bits per heavy atom. The van der Waals surface area contributed by atoms with Gasteiger partial charge in [-0.2, -0.15) is 0 Å². The summed E-state index contributed by atoms with van der Waals surface area (Å²) in [6.07, 6.45) is 2.82. The summed E-state index contributed by atoms with van der Waals surface area (Å²) in [4.78, 5) is 41.2. The van der Waals surface area contributed by atoms with Crippen LogP contribution in [0.3, 0.4) is 0 Å². The molecular weight excluding hydrogens is 579 g/mol. The molecule has 0 radical (unpaired) electrons.